The van der Waals surface area contributed by atoms with E-state index in [9.17, 15) is 9.59 Å². The zero-order chi connectivity index (χ0) is 15.2. The molecule has 0 aromatic heterocycles. The van der Waals surface area contributed by atoms with Crippen molar-refractivity contribution in [2.75, 3.05) is 0 Å². The molecule has 3 rings (SSSR count). The van der Waals surface area contributed by atoms with Crippen LogP contribution in [0.3, 0.4) is 0 Å². The number of carbonyl (C=O) groups excluding carboxylic acids is 2. The molecule has 2 aliphatic heterocycles. The lowest BCUT2D eigenvalue weighted by molar-refractivity contribution is -0.115. The summed E-state index contributed by atoms with van der Waals surface area (Å²) in [6.45, 7) is 5.84. The van der Waals surface area contributed by atoms with Crippen LogP contribution in [-0.2, 0) is 4.79 Å². The summed E-state index contributed by atoms with van der Waals surface area (Å²) in [5.41, 5.74) is 2.37. The Morgan fingerprint density at radius 3 is 2.71 bits per heavy atom. The average Bonchev–Trinajstić information content (AvgIpc) is 2.75. The molecule has 0 atom stereocenters. The van der Waals surface area contributed by atoms with E-state index in [1.54, 1.807) is 0 Å². The van der Waals surface area contributed by atoms with Gasteiger partial charge in [0.2, 0.25) is 0 Å². The number of nitrogens with one attached hydrogen (secondary N) is 1. The van der Waals surface area contributed by atoms with Gasteiger partial charge in [0.25, 0.3) is 11.1 Å². The molecule has 21 heavy (non-hydrogen) atoms. The third-order valence-corrected chi connectivity index (χ3v) is 4.42. The van der Waals surface area contributed by atoms with Crippen LogP contribution in [0.1, 0.15) is 31.9 Å². The van der Waals surface area contributed by atoms with E-state index in [1.165, 1.54) is 0 Å². The minimum absolute atomic E-state index is 0.310. The molecule has 108 valence electrons. The van der Waals surface area contributed by atoms with Crippen LogP contribution in [0.25, 0.3) is 11.6 Å². The molecule has 0 spiro atoms. The Bertz CT molecular complexity index is 716. The van der Waals surface area contributed by atoms with E-state index < -0.39 is 0 Å². The number of benzene rings is 1. The van der Waals surface area contributed by atoms with Crippen molar-refractivity contribution >= 4 is 34.6 Å². The molecule has 1 saturated heterocycles. The van der Waals surface area contributed by atoms with Crippen LogP contribution in [0.15, 0.2) is 29.2 Å². The van der Waals surface area contributed by atoms with Crippen molar-refractivity contribution in [3.63, 3.8) is 0 Å². The number of rotatable bonds is 1. The number of amides is 2. The summed E-state index contributed by atoms with van der Waals surface area (Å²) in [4.78, 5) is 23.5. The molecule has 2 amide bonds. The van der Waals surface area contributed by atoms with Gasteiger partial charge >= 0.3 is 0 Å². The van der Waals surface area contributed by atoms with Gasteiger partial charge < -0.3 is 4.74 Å². The zero-order valence-corrected chi connectivity index (χ0v) is 12.8. The first kappa shape index (κ1) is 13.9. The fourth-order valence-corrected chi connectivity index (χ4v) is 3.05. The number of thioether (sulfide) groups is 1. The van der Waals surface area contributed by atoms with E-state index in [-0.39, 0.29) is 16.7 Å². The predicted molar refractivity (Wildman–Crippen MR) is 83.9 cm³/mol. The lowest BCUT2D eigenvalue weighted by atomic mass is 9.98. The number of hydrogen-bond donors (Lipinski definition) is 1. The first-order valence-electron chi connectivity index (χ1n) is 6.62. The summed E-state index contributed by atoms with van der Waals surface area (Å²) in [5, 5.41) is 1.96. The average molecular weight is 301 g/mol. The highest BCUT2D eigenvalue weighted by atomic mass is 32.2. The van der Waals surface area contributed by atoms with Gasteiger partial charge in [-0.3, -0.25) is 14.9 Å². The molecule has 0 radical (unpaired) electrons. The maximum atomic E-state index is 11.7. The van der Waals surface area contributed by atoms with Gasteiger partial charge in [-0.1, -0.05) is 12.1 Å². The summed E-state index contributed by atoms with van der Waals surface area (Å²) in [6, 6.07) is 5.78. The Hall–Kier alpha value is -2.01. The Labute approximate surface area is 127 Å². The number of ether oxygens (including phenoxy) is 1. The molecule has 1 N–H and O–H groups in total. The molecular formula is C16H15NO3S. The molecule has 2 aliphatic rings. The minimum atomic E-state index is -0.326. The van der Waals surface area contributed by atoms with Crippen molar-refractivity contribution in [1.82, 2.24) is 5.32 Å². The summed E-state index contributed by atoms with van der Waals surface area (Å²) in [7, 11) is 0. The van der Waals surface area contributed by atoms with Crippen LogP contribution in [-0.4, -0.2) is 16.7 Å². The molecule has 1 aromatic carbocycles. The van der Waals surface area contributed by atoms with Crippen LogP contribution in [0.2, 0.25) is 0 Å². The Kier molecular flexibility index (Phi) is 3.17. The maximum absolute atomic E-state index is 11.7. The lowest BCUT2D eigenvalue weighted by Gasteiger charge is -2.28. The highest BCUT2D eigenvalue weighted by Gasteiger charge is 2.28. The quantitative estimate of drug-likeness (QED) is 0.805. The van der Waals surface area contributed by atoms with Crippen molar-refractivity contribution in [3.05, 3.63) is 40.3 Å². The van der Waals surface area contributed by atoms with E-state index in [0.29, 0.717) is 4.91 Å². The first-order valence-corrected chi connectivity index (χ1v) is 7.44. The molecule has 0 aliphatic carbocycles. The van der Waals surface area contributed by atoms with Gasteiger partial charge in [0.1, 0.15) is 11.4 Å². The number of hydrogen-bond acceptors (Lipinski definition) is 4. The smallest absolute Gasteiger partial charge is 0.290 e. The largest absolute Gasteiger partial charge is 0.483 e. The molecule has 0 saturated carbocycles. The normalized spacial score (nSPS) is 21.7. The Balaban J connectivity index is 2.01. The van der Waals surface area contributed by atoms with Crippen LogP contribution in [0, 0.1) is 0 Å². The molecule has 5 heteroatoms. The highest BCUT2D eigenvalue weighted by Crippen LogP contribution is 2.36. The number of fused-ring (bicyclic) bond motifs is 1. The third kappa shape index (κ3) is 2.61. The molecule has 1 fully saturated rings. The van der Waals surface area contributed by atoms with E-state index in [4.69, 9.17) is 4.74 Å². The molecule has 1 aromatic rings. The summed E-state index contributed by atoms with van der Waals surface area (Å²) in [5.74, 6) is 0.497. The number of allylic oxidation sites excluding steroid dienone is 1. The van der Waals surface area contributed by atoms with Crippen molar-refractivity contribution in [2.45, 2.75) is 26.4 Å². The van der Waals surface area contributed by atoms with Crippen molar-refractivity contribution < 1.29 is 14.3 Å². The van der Waals surface area contributed by atoms with Gasteiger partial charge in [0.15, 0.2) is 0 Å². The highest BCUT2D eigenvalue weighted by molar-refractivity contribution is 8.18. The maximum Gasteiger partial charge on any atom is 0.290 e. The SMILES string of the molecule is CC(=C1SC(=O)NC1=O)c1ccc2c(c1)C=CC(C)(C)O2. The lowest BCUT2D eigenvalue weighted by Crippen LogP contribution is -2.27. The number of imide groups is 1. The molecular weight excluding hydrogens is 286 g/mol. The summed E-state index contributed by atoms with van der Waals surface area (Å²) in [6.07, 6.45) is 4.02. The second kappa shape index (κ2) is 4.77. The summed E-state index contributed by atoms with van der Waals surface area (Å²) >= 11 is 0.945. The fourth-order valence-electron chi connectivity index (χ4n) is 2.30. The van der Waals surface area contributed by atoms with Gasteiger partial charge in [0.05, 0.1) is 4.91 Å². The van der Waals surface area contributed by atoms with Gasteiger partial charge in [-0.05, 0) is 61.9 Å². The van der Waals surface area contributed by atoms with E-state index in [1.807, 2.05) is 51.1 Å². The summed E-state index contributed by atoms with van der Waals surface area (Å²) < 4.78 is 5.88. The van der Waals surface area contributed by atoms with Crippen LogP contribution >= 0.6 is 11.8 Å². The van der Waals surface area contributed by atoms with E-state index in [2.05, 4.69) is 5.32 Å². The van der Waals surface area contributed by atoms with Crippen molar-refractivity contribution in [3.8, 4) is 5.75 Å². The first-order chi connectivity index (χ1) is 9.85. The van der Waals surface area contributed by atoms with Crippen LogP contribution < -0.4 is 10.1 Å². The molecule has 0 bridgehead atoms. The van der Waals surface area contributed by atoms with E-state index >= 15 is 0 Å². The predicted octanol–water partition coefficient (Wildman–Crippen LogP) is 3.58. The van der Waals surface area contributed by atoms with Crippen LogP contribution in [0.5, 0.6) is 5.75 Å². The molecule has 0 unspecified atom stereocenters. The third-order valence-electron chi connectivity index (χ3n) is 3.44. The monoisotopic (exact) mass is 301 g/mol. The second-order valence-corrected chi connectivity index (χ2v) is 6.57. The second-order valence-electron chi connectivity index (χ2n) is 5.59. The minimum Gasteiger partial charge on any atom is -0.483 e. The van der Waals surface area contributed by atoms with Crippen LogP contribution in [0.4, 0.5) is 4.79 Å². The van der Waals surface area contributed by atoms with Crippen molar-refractivity contribution in [2.24, 2.45) is 0 Å². The topological polar surface area (TPSA) is 55.4 Å². The van der Waals surface area contributed by atoms with Gasteiger partial charge in [-0.2, -0.15) is 0 Å². The van der Waals surface area contributed by atoms with Crippen molar-refractivity contribution in [1.29, 1.82) is 0 Å². The van der Waals surface area contributed by atoms with Gasteiger partial charge in [0, 0.05) is 5.56 Å². The number of carbonyl (C=O) groups is 2. The van der Waals surface area contributed by atoms with E-state index in [0.717, 1.165) is 34.2 Å². The molecule has 4 nitrogen and oxygen atoms in total. The Morgan fingerprint density at radius 2 is 2.05 bits per heavy atom. The van der Waals surface area contributed by atoms with Gasteiger partial charge in [-0.25, -0.2) is 0 Å². The Morgan fingerprint density at radius 1 is 1.29 bits per heavy atom. The molecule has 2 heterocycles. The zero-order valence-electron chi connectivity index (χ0n) is 12.0. The standard InChI is InChI=1S/C16H15NO3S/c1-9(13-14(18)17-15(19)21-13)10-4-5-12-11(8-10)6-7-16(2,3)20-12/h4-8H,1-3H3,(H,17,18,19). The van der Waals surface area contributed by atoms with Gasteiger partial charge in [-0.15, -0.1) is 0 Å². The fraction of sp³-hybridized carbons (Fsp3) is 0.250.